The number of alkyl halides is 1. The highest BCUT2D eigenvalue weighted by Crippen LogP contribution is 2.28. The molecule has 0 bridgehead atoms. The van der Waals surface area contributed by atoms with Crippen molar-refractivity contribution in [1.82, 2.24) is 14.6 Å². The van der Waals surface area contributed by atoms with Crippen LogP contribution in [0.2, 0.25) is 0 Å². The molecule has 4 aromatic rings. The Morgan fingerprint density at radius 2 is 2.10 bits per heavy atom. The van der Waals surface area contributed by atoms with E-state index in [4.69, 9.17) is 16.3 Å². The average Bonchev–Trinajstić information content (AvgIpc) is 3.42. The summed E-state index contributed by atoms with van der Waals surface area (Å²) in [6, 6.07) is 10.9. The lowest BCUT2D eigenvalue weighted by Crippen LogP contribution is -2.14. The van der Waals surface area contributed by atoms with Gasteiger partial charge in [-0.25, -0.2) is 14.3 Å². The number of fused-ring (bicyclic) bond motifs is 1. The highest BCUT2D eigenvalue weighted by Gasteiger charge is 2.20. The van der Waals surface area contributed by atoms with Crippen LogP contribution in [0.5, 0.6) is 0 Å². The molecule has 1 aromatic carbocycles. The van der Waals surface area contributed by atoms with Gasteiger partial charge in [0.25, 0.3) is 0 Å². The third kappa shape index (κ3) is 3.92. The highest BCUT2D eigenvalue weighted by molar-refractivity contribution is 7.12. The standard InChI is InChI=1S/C21H17ClN4O3S/c1-13-11-23-20-16(19(27)17-6-3-9-30-17)12-24-26(20)18(13)14-4-2-5-15(10-14)25-21(28)29-8-7-22/h2-6,9-12H,7-8H2,1H3,(H,25,28). The molecule has 4 rings (SSSR count). The fraction of sp³-hybridized carbons (Fsp3) is 0.143. The first kappa shape index (κ1) is 20.1. The van der Waals surface area contributed by atoms with Crippen LogP contribution in [0.3, 0.4) is 0 Å². The Bertz CT molecular complexity index is 1220. The van der Waals surface area contributed by atoms with Crippen LogP contribution in [0.25, 0.3) is 16.9 Å². The number of aromatic nitrogens is 3. The molecule has 0 fully saturated rings. The predicted molar refractivity (Wildman–Crippen MR) is 117 cm³/mol. The molecule has 1 N–H and O–H groups in total. The molecule has 0 radical (unpaired) electrons. The SMILES string of the molecule is Cc1cnc2c(C(=O)c3cccs3)cnn2c1-c1cccc(NC(=O)OCCCl)c1. The molecule has 30 heavy (non-hydrogen) atoms. The topological polar surface area (TPSA) is 85.6 Å². The van der Waals surface area contributed by atoms with Crippen molar-refractivity contribution in [3.63, 3.8) is 0 Å². The number of anilines is 1. The van der Waals surface area contributed by atoms with Crippen molar-refractivity contribution in [2.75, 3.05) is 17.8 Å². The molecule has 7 nitrogen and oxygen atoms in total. The molecule has 0 spiro atoms. The molecule has 0 saturated carbocycles. The molecule has 9 heteroatoms. The Morgan fingerprint density at radius 1 is 1.23 bits per heavy atom. The van der Waals surface area contributed by atoms with Crippen molar-refractivity contribution in [2.24, 2.45) is 0 Å². The molecule has 152 valence electrons. The molecule has 0 saturated heterocycles. The third-order valence-corrected chi connectivity index (χ3v) is 5.41. The van der Waals surface area contributed by atoms with Gasteiger partial charge in [0.05, 0.1) is 28.2 Å². The maximum Gasteiger partial charge on any atom is 0.411 e. The first-order valence-electron chi connectivity index (χ1n) is 9.10. The van der Waals surface area contributed by atoms with E-state index >= 15 is 0 Å². The summed E-state index contributed by atoms with van der Waals surface area (Å²) in [7, 11) is 0. The van der Waals surface area contributed by atoms with Crippen LogP contribution in [0.4, 0.5) is 10.5 Å². The van der Waals surface area contributed by atoms with Crippen LogP contribution in [0, 0.1) is 6.92 Å². The molecule has 3 aromatic heterocycles. The van der Waals surface area contributed by atoms with Crippen molar-refractivity contribution >= 4 is 46.1 Å². The quantitative estimate of drug-likeness (QED) is 0.344. The lowest BCUT2D eigenvalue weighted by Gasteiger charge is -2.11. The minimum absolute atomic E-state index is 0.111. The number of carbonyl (C=O) groups is 2. The van der Waals surface area contributed by atoms with Gasteiger partial charge in [-0.2, -0.15) is 5.10 Å². The number of nitrogens with zero attached hydrogens (tertiary/aromatic N) is 3. The lowest BCUT2D eigenvalue weighted by molar-refractivity contribution is 0.104. The van der Waals surface area contributed by atoms with Gasteiger partial charge in [0.15, 0.2) is 5.65 Å². The van der Waals surface area contributed by atoms with Crippen LogP contribution in [0.15, 0.2) is 54.2 Å². The van der Waals surface area contributed by atoms with E-state index in [1.165, 1.54) is 11.3 Å². The number of amides is 1. The van der Waals surface area contributed by atoms with E-state index in [0.717, 1.165) is 16.8 Å². The van der Waals surface area contributed by atoms with Gasteiger partial charge in [0.2, 0.25) is 5.78 Å². The van der Waals surface area contributed by atoms with Crippen LogP contribution < -0.4 is 5.32 Å². The number of hydrogen-bond acceptors (Lipinski definition) is 6. The Kier molecular flexibility index (Phi) is 5.78. The maximum atomic E-state index is 12.8. The Hall–Kier alpha value is -3.23. The number of hydrogen-bond donors (Lipinski definition) is 1. The Balaban J connectivity index is 1.73. The summed E-state index contributed by atoms with van der Waals surface area (Å²) in [6.07, 6.45) is 2.68. The monoisotopic (exact) mass is 440 g/mol. The predicted octanol–water partition coefficient (Wildman–Crippen LogP) is 4.78. The Morgan fingerprint density at radius 3 is 2.87 bits per heavy atom. The zero-order valence-electron chi connectivity index (χ0n) is 16.0. The molecule has 1 amide bonds. The highest BCUT2D eigenvalue weighted by atomic mass is 35.5. The first-order valence-corrected chi connectivity index (χ1v) is 10.5. The second-order valence-electron chi connectivity index (χ2n) is 6.42. The van der Waals surface area contributed by atoms with Crippen LogP contribution in [-0.4, -0.2) is 39.0 Å². The van der Waals surface area contributed by atoms with E-state index in [2.05, 4.69) is 15.4 Å². The molecular weight excluding hydrogens is 424 g/mol. The third-order valence-electron chi connectivity index (χ3n) is 4.39. The van der Waals surface area contributed by atoms with Crippen LogP contribution in [-0.2, 0) is 4.74 Å². The van der Waals surface area contributed by atoms with Gasteiger partial charge in [0.1, 0.15) is 6.61 Å². The zero-order valence-corrected chi connectivity index (χ0v) is 17.5. The number of ether oxygens (including phenoxy) is 1. The molecule has 0 aliphatic rings. The van der Waals surface area contributed by atoms with E-state index in [1.54, 1.807) is 29.0 Å². The molecule has 0 unspecified atom stereocenters. The Labute approximate surface area is 181 Å². The van der Waals surface area contributed by atoms with Crippen LogP contribution in [0.1, 0.15) is 20.8 Å². The summed E-state index contributed by atoms with van der Waals surface area (Å²) < 4.78 is 6.61. The second kappa shape index (κ2) is 8.64. The molecular formula is C21H17ClN4O3S. The number of rotatable bonds is 6. The van der Waals surface area contributed by atoms with E-state index < -0.39 is 6.09 Å². The number of carbonyl (C=O) groups excluding carboxylic acids is 2. The minimum Gasteiger partial charge on any atom is -0.448 e. The molecule has 0 aliphatic carbocycles. The summed E-state index contributed by atoms with van der Waals surface area (Å²) in [5.74, 6) is 0.118. The van der Waals surface area contributed by atoms with E-state index in [9.17, 15) is 9.59 Å². The van der Waals surface area contributed by atoms with Crippen molar-refractivity contribution in [1.29, 1.82) is 0 Å². The van der Waals surface area contributed by atoms with Gasteiger partial charge in [-0.15, -0.1) is 22.9 Å². The normalized spacial score (nSPS) is 10.9. The molecule has 3 heterocycles. The molecule has 0 atom stereocenters. The molecule has 0 aliphatic heterocycles. The summed E-state index contributed by atoms with van der Waals surface area (Å²) in [5, 5.41) is 8.97. The summed E-state index contributed by atoms with van der Waals surface area (Å²) in [4.78, 5) is 29.7. The number of halogens is 1. The lowest BCUT2D eigenvalue weighted by atomic mass is 10.1. The van der Waals surface area contributed by atoms with Gasteiger partial charge in [-0.05, 0) is 36.1 Å². The largest absolute Gasteiger partial charge is 0.448 e. The summed E-state index contributed by atoms with van der Waals surface area (Å²) >= 11 is 6.92. The van der Waals surface area contributed by atoms with E-state index in [-0.39, 0.29) is 18.3 Å². The van der Waals surface area contributed by atoms with Crippen molar-refractivity contribution in [3.8, 4) is 11.3 Å². The second-order valence-corrected chi connectivity index (χ2v) is 7.75. The fourth-order valence-electron chi connectivity index (χ4n) is 3.10. The number of aryl methyl sites for hydroxylation is 1. The number of benzene rings is 1. The van der Waals surface area contributed by atoms with E-state index in [0.29, 0.717) is 21.8 Å². The van der Waals surface area contributed by atoms with Gasteiger partial charge < -0.3 is 4.74 Å². The van der Waals surface area contributed by atoms with Crippen molar-refractivity contribution < 1.29 is 14.3 Å². The minimum atomic E-state index is -0.577. The summed E-state index contributed by atoms with van der Waals surface area (Å²) in [5.41, 5.74) is 3.96. The first-order chi connectivity index (χ1) is 14.6. The van der Waals surface area contributed by atoms with Gasteiger partial charge >= 0.3 is 6.09 Å². The van der Waals surface area contributed by atoms with Gasteiger partial charge in [-0.1, -0.05) is 18.2 Å². The van der Waals surface area contributed by atoms with Crippen molar-refractivity contribution in [3.05, 3.63) is 70.2 Å². The van der Waals surface area contributed by atoms with Gasteiger partial charge in [0, 0.05) is 17.4 Å². The van der Waals surface area contributed by atoms with E-state index in [1.807, 2.05) is 36.6 Å². The smallest absolute Gasteiger partial charge is 0.411 e. The number of ketones is 1. The fourth-order valence-corrected chi connectivity index (χ4v) is 3.85. The zero-order chi connectivity index (χ0) is 21.1. The van der Waals surface area contributed by atoms with Crippen molar-refractivity contribution in [2.45, 2.75) is 6.92 Å². The van der Waals surface area contributed by atoms with Crippen LogP contribution >= 0.6 is 22.9 Å². The number of thiophene rings is 1. The average molecular weight is 441 g/mol. The maximum absolute atomic E-state index is 12.8. The number of nitrogens with one attached hydrogen (secondary N) is 1. The van der Waals surface area contributed by atoms with Gasteiger partial charge in [-0.3, -0.25) is 10.1 Å². The summed E-state index contributed by atoms with van der Waals surface area (Å²) in [6.45, 7) is 2.05.